The Labute approximate surface area is 164 Å². The van der Waals surface area contributed by atoms with Crippen LogP contribution < -0.4 is 0 Å². The van der Waals surface area contributed by atoms with Crippen LogP contribution in [0.15, 0.2) is 36.7 Å². The monoisotopic (exact) mass is 388 g/mol. The Morgan fingerprint density at radius 3 is 1.85 bits per heavy atom. The van der Waals surface area contributed by atoms with Crippen molar-refractivity contribution < 1.29 is 13.3 Å². The minimum atomic E-state index is -2.52. The van der Waals surface area contributed by atoms with E-state index in [0.29, 0.717) is 19.8 Å². The molecule has 0 bridgehead atoms. The summed E-state index contributed by atoms with van der Waals surface area (Å²) in [5, 5.41) is 0. The largest absolute Gasteiger partial charge is 0.500 e. The molecule has 0 N–H and O–H groups in total. The SMILES string of the molecule is CCO[Si](CCCCc1ccc(-c2ccc(C)cn2)nc1)(OCC)OCC. The van der Waals surface area contributed by atoms with E-state index < -0.39 is 8.80 Å². The Kier molecular flexibility index (Phi) is 9.07. The van der Waals surface area contributed by atoms with Crippen molar-refractivity contribution >= 4 is 8.80 Å². The lowest BCUT2D eigenvalue weighted by molar-refractivity contribution is 0.0707. The van der Waals surface area contributed by atoms with Crippen molar-refractivity contribution in [2.45, 2.75) is 53.0 Å². The first-order valence-electron chi connectivity index (χ1n) is 9.92. The van der Waals surface area contributed by atoms with Gasteiger partial charge in [-0.15, -0.1) is 0 Å². The van der Waals surface area contributed by atoms with Crippen molar-refractivity contribution in [1.82, 2.24) is 9.97 Å². The van der Waals surface area contributed by atoms with Gasteiger partial charge in [0, 0.05) is 38.3 Å². The average Bonchev–Trinajstić information content (AvgIpc) is 2.67. The Hall–Kier alpha value is -1.60. The van der Waals surface area contributed by atoms with Crippen LogP contribution in [-0.4, -0.2) is 38.6 Å². The highest BCUT2D eigenvalue weighted by atomic mass is 28.4. The summed E-state index contributed by atoms with van der Waals surface area (Å²) in [6.45, 7) is 9.91. The van der Waals surface area contributed by atoms with Crippen LogP contribution in [-0.2, 0) is 19.7 Å². The first-order chi connectivity index (χ1) is 13.1. The molecule has 0 aliphatic heterocycles. The first-order valence-corrected chi connectivity index (χ1v) is 11.9. The van der Waals surface area contributed by atoms with Gasteiger partial charge in [-0.3, -0.25) is 9.97 Å². The standard InChI is InChI=1S/C21H32N2O3Si/c1-5-24-27(25-6-2,26-7-3)15-9-8-10-19-12-14-21(23-17-19)20-13-11-18(4)16-22-20/h11-14,16-17H,5-10,15H2,1-4H3. The minimum absolute atomic E-state index is 0.630. The van der Waals surface area contributed by atoms with E-state index in [1.165, 1.54) is 5.56 Å². The highest BCUT2D eigenvalue weighted by Crippen LogP contribution is 2.21. The van der Waals surface area contributed by atoms with Crippen molar-refractivity contribution in [1.29, 1.82) is 0 Å². The molecule has 2 aromatic rings. The lowest BCUT2D eigenvalue weighted by Gasteiger charge is -2.28. The summed E-state index contributed by atoms with van der Waals surface area (Å²) in [5.74, 6) is 0. The highest BCUT2D eigenvalue weighted by molar-refractivity contribution is 6.60. The maximum atomic E-state index is 5.91. The van der Waals surface area contributed by atoms with Gasteiger partial charge in [0.1, 0.15) is 0 Å². The number of pyridine rings is 2. The van der Waals surface area contributed by atoms with Gasteiger partial charge in [-0.2, -0.15) is 0 Å². The maximum absolute atomic E-state index is 5.91. The number of hydrogen-bond donors (Lipinski definition) is 0. The molecule has 2 aromatic heterocycles. The fourth-order valence-electron chi connectivity index (χ4n) is 3.02. The molecule has 2 rings (SSSR count). The van der Waals surface area contributed by atoms with E-state index in [9.17, 15) is 0 Å². The second-order valence-electron chi connectivity index (χ2n) is 6.46. The summed E-state index contributed by atoms with van der Waals surface area (Å²) in [6.07, 6.45) is 6.90. The van der Waals surface area contributed by atoms with Crippen molar-refractivity contribution in [3.63, 3.8) is 0 Å². The van der Waals surface area contributed by atoms with E-state index in [4.69, 9.17) is 13.3 Å². The van der Waals surface area contributed by atoms with Crippen molar-refractivity contribution in [2.24, 2.45) is 0 Å². The molecule has 0 amide bonds. The topological polar surface area (TPSA) is 53.5 Å². The van der Waals surface area contributed by atoms with Crippen LogP contribution in [0.25, 0.3) is 11.4 Å². The summed E-state index contributed by atoms with van der Waals surface area (Å²) in [5.41, 5.74) is 4.21. The van der Waals surface area contributed by atoms with Crippen LogP contribution >= 0.6 is 0 Å². The van der Waals surface area contributed by atoms with E-state index in [1.807, 2.05) is 52.2 Å². The molecule has 0 saturated heterocycles. The number of aromatic nitrogens is 2. The van der Waals surface area contributed by atoms with Gasteiger partial charge in [-0.25, -0.2) is 0 Å². The van der Waals surface area contributed by atoms with Gasteiger partial charge < -0.3 is 13.3 Å². The van der Waals surface area contributed by atoms with E-state index >= 15 is 0 Å². The van der Waals surface area contributed by atoms with Crippen LogP contribution in [0.2, 0.25) is 6.04 Å². The predicted octanol–water partition coefficient (Wildman–Crippen LogP) is 4.82. The van der Waals surface area contributed by atoms with Crippen LogP contribution in [0, 0.1) is 6.92 Å². The quantitative estimate of drug-likeness (QED) is 0.385. The zero-order valence-electron chi connectivity index (χ0n) is 17.0. The third kappa shape index (κ3) is 6.81. The van der Waals surface area contributed by atoms with Gasteiger partial charge in [0.2, 0.25) is 0 Å². The molecule has 6 heteroatoms. The first kappa shape index (κ1) is 21.7. The van der Waals surface area contributed by atoms with Gasteiger partial charge >= 0.3 is 8.80 Å². The van der Waals surface area contributed by atoms with Crippen LogP contribution in [0.3, 0.4) is 0 Å². The molecular formula is C21H32N2O3Si. The molecule has 0 aromatic carbocycles. The van der Waals surface area contributed by atoms with Gasteiger partial charge in [0.25, 0.3) is 0 Å². The molecule has 0 saturated carbocycles. The average molecular weight is 389 g/mol. The number of unbranched alkanes of at least 4 members (excludes halogenated alkanes) is 1. The zero-order chi connectivity index (χ0) is 19.5. The molecule has 0 radical (unpaired) electrons. The van der Waals surface area contributed by atoms with Crippen molar-refractivity contribution in [2.75, 3.05) is 19.8 Å². The fourth-order valence-corrected chi connectivity index (χ4v) is 5.70. The van der Waals surface area contributed by atoms with E-state index in [0.717, 1.165) is 42.3 Å². The van der Waals surface area contributed by atoms with E-state index in [-0.39, 0.29) is 0 Å². The third-order valence-corrected chi connectivity index (χ3v) is 7.44. The van der Waals surface area contributed by atoms with E-state index in [2.05, 4.69) is 22.1 Å². The van der Waals surface area contributed by atoms with Gasteiger partial charge in [-0.05, 0) is 70.2 Å². The summed E-state index contributed by atoms with van der Waals surface area (Å²) < 4.78 is 17.7. The lowest BCUT2D eigenvalue weighted by Crippen LogP contribution is -2.45. The number of aryl methyl sites for hydroxylation is 2. The predicted molar refractivity (Wildman–Crippen MR) is 111 cm³/mol. The summed E-state index contributed by atoms with van der Waals surface area (Å²) in [4.78, 5) is 9.00. The summed E-state index contributed by atoms with van der Waals surface area (Å²) in [6, 6.07) is 9.12. The number of nitrogens with zero attached hydrogens (tertiary/aromatic N) is 2. The van der Waals surface area contributed by atoms with Crippen LogP contribution in [0.5, 0.6) is 0 Å². The summed E-state index contributed by atoms with van der Waals surface area (Å²) in [7, 11) is -2.52. The van der Waals surface area contributed by atoms with E-state index in [1.54, 1.807) is 0 Å². The lowest BCUT2D eigenvalue weighted by atomic mass is 10.1. The van der Waals surface area contributed by atoms with Gasteiger partial charge in [0.15, 0.2) is 0 Å². The Bertz CT molecular complexity index is 645. The molecule has 5 nitrogen and oxygen atoms in total. The summed E-state index contributed by atoms with van der Waals surface area (Å²) >= 11 is 0. The second-order valence-corrected chi connectivity index (χ2v) is 9.19. The highest BCUT2D eigenvalue weighted by Gasteiger charge is 2.39. The smallest absolute Gasteiger partial charge is 0.374 e. The molecule has 148 valence electrons. The Morgan fingerprint density at radius 1 is 0.778 bits per heavy atom. The van der Waals surface area contributed by atoms with Crippen LogP contribution in [0.4, 0.5) is 0 Å². The Balaban J connectivity index is 1.86. The minimum Gasteiger partial charge on any atom is -0.374 e. The maximum Gasteiger partial charge on any atom is 0.500 e. The molecule has 0 fully saturated rings. The molecular weight excluding hydrogens is 356 g/mol. The molecule has 0 spiro atoms. The number of hydrogen-bond acceptors (Lipinski definition) is 5. The van der Waals surface area contributed by atoms with Crippen LogP contribution in [0.1, 0.15) is 44.7 Å². The number of rotatable bonds is 12. The molecule has 0 aliphatic carbocycles. The zero-order valence-corrected chi connectivity index (χ0v) is 18.0. The molecule has 0 atom stereocenters. The fraction of sp³-hybridized carbons (Fsp3) is 0.524. The van der Waals surface area contributed by atoms with Gasteiger partial charge in [-0.1, -0.05) is 12.1 Å². The molecule has 0 unspecified atom stereocenters. The van der Waals surface area contributed by atoms with Gasteiger partial charge in [0.05, 0.1) is 11.4 Å². The van der Waals surface area contributed by atoms with Crippen molar-refractivity contribution in [3.8, 4) is 11.4 Å². The third-order valence-electron chi connectivity index (χ3n) is 4.29. The second kappa shape index (κ2) is 11.3. The normalized spacial score (nSPS) is 11.7. The molecule has 27 heavy (non-hydrogen) atoms. The van der Waals surface area contributed by atoms with Crippen molar-refractivity contribution in [3.05, 3.63) is 47.8 Å². The molecule has 2 heterocycles. The Morgan fingerprint density at radius 2 is 1.37 bits per heavy atom. The molecule has 0 aliphatic rings.